The highest BCUT2D eigenvalue weighted by Gasteiger charge is 2.06. The summed E-state index contributed by atoms with van der Waals surface area (Å²) >= 11 is 3.35. The highest BCUT2D eigenvalue weighted by molar-refractivity contribution is 9.10. The maximum absolute atomic E-state index is 8.73. The number of likely N-dealkylation sites (N-methyl/N-ethyl adjacent to an activating group) is 1. The first-order valence-corrected chi connectivity index (χ1v) is 4.67. The predicted molar refractivity (Wildman–Crippen MR) is 56.7 cm³/mol. The summed E-state index contributed by atoms with van der Waals surface area (Å²) in [5.74, 6) is 0.781. The summed E-state index contributed by atoms with van der Waals surface area (Å²) in [5.41, 5.74) is 6.16. The fraction of sp³-hybridized carbons (Fsp3) is 0.375. The Morgan fingerprint density at radius 2 is 2.38 bits per heavy atom. The van der Waals surface area contributed by atoms with Crippen LogP contribution in [-0.4, -0.2) is 30.3 Å². The summed E-state index contributed by atoms with van der Waals surface area (Å²) in [6, 6.07) is 1.79. The molecule has 0 bridgehead atoms. The topological polar surface area (TPSA) is 62.4 Å². The molecule has 0 saturated heterocycles. The minimum Gasteiger partial charge on any atom is -0.397 e. The molecule has 1 heterocycles. The number of aromatic nitrogens is 1. The van der Waals surface area contributed by atoms with Gasteiger partial charge in [-0.05, 0) is 22.0 Å². The van der Waals surface area contributed by atoms with Crippen LogP contribution in [-0.2, 0) is 0 Å². The SMILES string of the molecule is CN(CCO)c1ncc(N)cc1Br. The van der Waals surface area contributed by atoms with E-state index in [-0.39, 0.29) is 6.61 Å². The number of nitrogens with two attached hydrogens (primary N) is 1. The molecule has 0 aliphatic heterocycles. The standard InChI is InChI=1S/C8H12BrN3O/c1-12(2-3-13)8-7(9)4-6(10)5-11-8/h4-5,13H,2-3,10H2,1H3. The molecule has 1 aromatic heterocycles. The number of hydrogen-bond acceptors (Lipinski definition) is 4. The summed E-state index contributed by atoms with van der Waals surface area (Å²) in [5, 5.41) is 8.73. The van der Waals surface area contributed by atoms with E-state index in [1.54, 1.807) is 12.3 Å². The third-order valence-electron chi connectivity index (χ3n) is 1.64. The first-order valence-electron chi connectivity index (χ1n) is 3.88. The van der Waals surface area contributed by atoms with Crippen molar-refractivity contribution in [2.45, 2.75) is 0 Å². The van der Waals surface area contributed by atoms with E-state index in [0.717, 1.165) is 10.3 Å². The molecule has 0 aliphatic rings. The number of nitrogen functional groups attached to an aromatic ring is 1. The number of aliphatic hydroxyl groups is 1. The highest BCUT2D eigenvalue weighted by atomic mass is 79.9. The van der Waals surface area contributed by atoms with Crippen LogP contribution in [0.3, 0.4) is 0 Å². The summed E-state index contributed by atoms with van der Waals surface area (Å²) in [4.78, 5) is 5.99. The Kier molecular flexibility index (Phi) is 3.50. The Bertz CT molecular complexity index is 293. The van der Waals surface area contributed by atoms with Gasteiger partial charge in [0.1, 0.15) is 5.82 Å². The van der Waals surface area contributed by atoms with Crippen molar-refractivity contribution in [3.8, 4) is 0 Å². The van der Waals surface area contributed by atoms with E-state index in [4.69, 9.17) is 10.8 Å². The lowest BCUT2D eigenvalue weighted by Crippen LogP contribution is -2.22. The molecule has 0 fully saturated rings. The monoisotopic (exact) mass is 245 g/mol. The van der Waals surface area contributed by atoms with Gasteiger partial charge in [0, 0.05) is 13.6 Å². The Labute approximate surface area is 85.5 Å². The quantitative estimate of drug-likeness (QED) is 0.830. The average molecular weight is 246 g/mol. The van der Waals surface area contributed by atoms with Gasteiger partial charge in [-0.15, -0.1) is 0 Å². The number of anilines is 2. The molecular weight excluding hydrogens is 234 g/mol. The molecule has 0 atom stereocenters. The Balaban J connectivity index is 2.88. The fourth-order valence-corrected chi connectivity index (χ4v) is 1.65. The maximum atomic E-state index is 8.73. The second kappa shape index (κ2) is 4.43. The lowest BCUT2D eigenvalue weighted by Gasteiger charge is -2.17. The molecule has 1 aromatic rings. The van der Waals surface area contributed by atoms with Gasteiger partial charge in [0.2, 0.25) is 0 Å². The van der Waals surface area contributed by atoms with Gasteiger partial charge < -0.3 is 15.7 Å². The van der Waals surface area contributed by atoms with Crippen molar-refractivity contribution in [1.29, 1.82) is 0 Å². The highest BCUT2D eigenvalue weighted by Crippen LogP contribution is 2.24. The molecule has 13 heavy (non-hydrogen) atoms. The van der Waals surface area contributed by atoms with Gasteiger partial charge in [0.05, 0.1) is 23.0 Å². The van der Waals surface area contributed by atoms with Crippen LogP contribution in [0.15, 0.2) is 16.7 Å². The number of pyridine rings is 1. The number of nitrogens with zero attached hydrogens (tertiary/aromatic N) is 2. The molecule has 0 aromatic carbocycles. The van der Waals surface area contributed by atoms with Crippen molar-refractivity contribution >= 4 is 27.4 Å². The van der Waals surface area contributed by atoms with Crippen LogP contribution < -0.4 is 10.6 Å². The molecule has 0 aliphatic carbocycles. The molecule has 3 N–H and O–H groups in total. The number of rotatable bonds is 3. The van der Waals surface area contributed by atoms with E-state index in [9.17, 15) is 0 Å². The lowest BCUT2D eigenvalue weighted by molar-refractivity contribution is 0.304. The predicted octanol–water partition coefficient (Wildman–Crippen LogP) is 0.855. The van der Waals surface area contributed by atoms with E-state index in [0.29, 0.717) is 12.2 Å². The lowest BCUT2D eigenvalue weighted by atomic mass is 10.4. The molecular formula is C8H12BrN3O. The molecule has 0 radical (unpaired) electrons. The number of aliphatic hydroxyl groups excluding tert-OH is 1. The molecule has 0 spiro atoms. The molecule has 72 valence electrons. The Morgan fingerprint density at radius 3 is 2.92 bits per heavy atom. The summed E-state index contributed by atoms with van der Waals surface area (Å²) < 4.78 is 0.837. The van der Waals surface area contributed by atoms with Crippen molar-refractivity contribution in [3.05, 3.63) is 16.7 Å². The molecule has 4 nitrogen and oxygen atoms in total. The third-order valence-corrected chi connectivity index (χ3v) is 2.22. The number of hydrogen-bond donors (Lipinski definition) is 2. The summed E-state index contributed by atoms with van der Waals surface area (Å²) in [6.45, 7) is 0.657. The van der Waals surface area contributed by atoms with Gasteiger partial charge in [-0.3, -0.25) is 0 Å². The average Bonchev–Trinajstić information content (AvgIpc) is 2.04. The minimum atomic E-state index is 0.106. The van der Waals surface area contributed by atoms with Crippen molar-refractivity contribution in [2.75, 3.05) is 30.8 Å². The molecule has 5 heteroatoms. The van der Waals surface area contributed by atoms with Crippen molar-refractivity contribution < 1.29 is 5.11 Å². The first-order chi connectivity index (χ1) is 6.15. The van der Waals surface area contributed by atoms with Gasteiger partial charge in [0.15, 0.2) is 0 Å². The van der Waals surface area contributed by atoms with Gasteiger partial charge >= 0.3 is 0 Å². The molecule has 0 unspecified atom stereocenters. The van der Waals surface area contributed by atoms with Crippen LogP contribution in [0.1, 0.15) is 0 Å². The summed E-state index contributed by atoms with van der Waals surface area (Å²) in [7, 11) is 1.86. The maximum Gasteiger partial charge on any atom is 0.142 e. The Morgan fingerprint density at radius 1 is 1.69 bits per heavy atom. The van der Waals surface area contributed by atoms with E-state index in [1.807, 2.05) is 11.9 Å². The van der Waals surface area contributed by atoms with Crippen LogP contribution >= 0.6 is 15.9 Å². The van der Waals surface area contributed by atoms with Gasteiger partial charge in [-0.25, -0.2) is 4.98 Å². The second-order valence-corrected chi connectivity index (χ2v) is 3.57. The van der Waals surface area contributed by atoms with Crippen LogP contribution in [0.5, 0.6) is 0 Å². The van der Waals surface area contributed by atoms with E-state index < -0.39 is 0 Å². The van der Waals surface area contributed by atoms with Gasteiger partial charge in [-0.2, -0.15) is 0 Å². The Hall–Kier alpha value is -0.810. The molecule has 0 amide bonds. The normalized spacial score (nSPS) is 10.1. The van der Waals surface area contributed by atoms with Crippen molar-refractivity contribution in [3.63, 3.8) is 0 Å². The second-order valence-electron chi connectivity index (χ2n) is 2.72. The van der Waals surface area contributed by atoms with E-state index in [2.05, 4.69) is 20.9 Å². The molecule has 1 rings (SSSR count). The van der Waals surface area contributed by atoms with Gasteiger partial charge in [0.25, 0.3) is 0 Å². The number of halogens is 1. The largest absolute Gasteiger partial charge is 0.397 e. The summed E-state index contributed by atoms with van der Waals surface area (Å²) in [6.07, 6.45) is 1.59. The van der Waals surface area contributed by atoms with E-state index in [1.165, 1.54) is 0 Å². The third kappa shape index (κ3) is 2.57. The zero-order valence-corrected chi connectivity index (χ0v) is 8.95. The van der Waals surface area contributed by atoms with Gasteiger partial charge in [-0.1, -0.05) is 0 Å². The van der Waals surface area contributed by atoms with Crippen molar-refractivity contribution in [2.24, 2.45) is 0 Å². The van der Waals surface area contributed by atoms with E-state index >= 15 is 0 Å². The van der Waals surface area contributed by atoms with Crippen LogP contribution in [0.25, 0.3) is 0 Å². The van der Waals surface area contributed by atoms with Crippen molar-refractivity contribution in [1.82, 2.24) is 4.98 Å². The fourth-order valence-electron chi connectivity index (χ4n) is 0.982. The minimum absolute atomic E-state index is 0.106. The zero-order valence-electron chi connectivity index (χ0n) is 7.37. The first kappa shape index (κ1) is 10.3. The van der Waals surface area contributed by atoms with Crippen LogP contribution in [0.4, 0.5) is 11.5 Å². The van der Waals surface area contributed by atoms with Crippen LogP contribution in [0, 0.1) is 0 Å². The smallest absolute Gasteiger partial charge is 0.142 e. The zero-order chi connectivity index (χ0) is 9.84. The van der Waals surface area contributed by atoms with Crippen LogP contribution in [0.2, 0.25) is 0 Å². The molecule has 0 saturated carbocycles.